The number of hydrogen-bond donors (Lipinski definition) is 3. The molecule has 0 atom stereocenters. The second-order valence-corrected chi connectivity index (χ2v) is 5.67. The van der Waals surface area contributed by atoms with Crippen LogP contribution in [0.25, 0.3) is 0 Å². The molecule has 0 aliphatic heterocycles. The summed E-state index contributed by atoms with van der Waals surface area (Å²) in [5.74, 6) is -1.63. The molecule has 0 amide bonds. The van der Waals surface area contributed by atoms with Crippen LogP contribution in [-0.2, 0) is 24.2 Å². The molecule has 24 heavy (non-hydrogen) atoms. The normalized spacial score (nSPS) is 12.7. The van der Waals surface area contributed by atoms with E-state index in [1.165, 1.54) is 30.3 Å². The maximum Gasteiger partial charge on any atom is 0.338 e. The van der Waals surface area contributed by atoms with Crippen LogP contribution in [0.15, 0.2) is 30.3 Å². The number of carbonyl (C=O) groups is 2. The first kappa shape index (κ1) is 15.9. The van der Waals surface area contributed by atoms with Crippen LogP contribution >= 0.6 is 0 Å². The Kier molecular flexibility index (Phi) is 4.12. The Labute approximate surface area is 137 Å². The fourth-order valence-electron chi connectivity index (χ4n) is 2.95. The van der Waals surface area contributed by atoms with Gasteiger partial charge >= 0.3 is 11.9 Å². The molecule has 1 aliphatic rings. The van der Waals surface area contributed by atoms with Crippen LogP contribution < -0.4 is 0 Å². The Balaban J connectivity index is 1.83. The van der Waals surface area contributed by atoms with Crippen molar-refractivity contribution in [3.8, 4) is 11.5 Å². The minimum absolute atomic E-state index is 0.00556. The van der Waals surface area contributed by atoms with Crippen molar-refractivity contribution in [2.45, 2.75) is 25.9 Å². The maximum atomic E-state index is 12.0. The third kappa shape index (κ3) is 2.90. The minimum atomic E-state index is -1.06. The van der Waals surface area contributed by atoms with E-state index in [1.54, 1.807) is 0 Å². The number of carboxylic acid groups (broad SMARTS) is 1. The van der Waals surface area contributed by atoms with Crippen LogP contribution in [0.3, 0.4) is 0 Å². The van der Waals surface area contributed by atoms with Gasteiger partial charge in [-0.15, -0.1) is 0 Å². The van der Waals surface area contributed by atoms with Gasteiger partial charge in [0.05, 0.1) is 11.1 Å². The van der Waals surface area contributed by atoms with Gasteiger partial charge in [-0.25, -0.2) is 9.59 Å². The number of hydrogen-bond acceptors (Lipinski definition) is 5. The Morgan fingerprint density at radius 1 is 1.04 bits per heavy atom. The summed E-state index contributed by atoms with van der Waals surface area (Å²) in [6, 6.07) is 6.94. The summed E-state index contributed by atoms with van der Waals surface area (Å²) in [5, 5.41) is 28.9. The molecule has 0 fully saturated rings. The molecule has 0 saturated carbocycles. The zero-order valence-corrected chi connectivity index (χ0v) is 12.8. The third-order valence-electron chi connectivity index (χ3n) is 4.14. The molecule has 3 rings (SSSR count). The number of phenols is 2. The predicted octanol–water partition coefficient (Wildman–Crippen LogP) is 2.64. The molecular weight excluding hydrogens is 312 g/mol. The van der Waals surface area contributed by atoms with E-state index in [9.17, 15) is 24.9 Å². The summed E-state index contributed by atoms with van der Waals surface area (Å²) < 4.78 is 5.16. The van der Waals surface area contributed by atoms with Gasteiger partial charge in [0, 0.05) is 5.56 Å². The lowest BCUT2D eigenvalue weighted by molar-refractivity contribution is 0.0470. The van der Waals surface area contributed by atoms with Gasteiger partial charge in [-0.1, -0.05) is 0 Å². The second-order valence-electron chi connectivity index (χ2n) is 5.67. The summed E-state index contributed by atoms with van der Waals surface area (Å²) in [6.07, 6.45) is 2.03. The standard InChI is InChI=1S/C18H16O6/c19-12-6-4-10(5-7-12)18(23)24-9-11-8-15(17(21)22)13-2-1-3-14(13)16(11)20/h4-8,19-20H,1-3,9H2,(H,21,22). The van der Waals surface area contributed by atoms with E-state index in [2.05, 4.69) is 0 Å². The Hall–Kier alpha value is -3.02. The molecule has 0 bridgehead atoms. The van der Waals surface area contributed by atoms with Crippen molar-refractivity contribution >= 4 is 11.9 Å². The van der Waals surface area contributed by atoms with Crippen molar-refractivity contribution in [3.05, 3.63) is 58.1 Å². The molecule has 3 N–H and O–H groups in total. The van der Waals surface area contributed by atoms with Crippen LogP contribution in [0, 0.1) is 0 Å². The van der Waals surface area contributed by atoms with Crippen molar-refractivity contribution < 1.29 is 29.6 Å². The van der Waals surface area contributed by atoms with Crippen molar-refractivity contribution in [3.63, 3.8) is 0 Å². The number of carbonyl (C=O) groups excluding carboxylic acids is 1. The smallest absolute Gasteiger partial charge is 0.338 e. The summed E-state index contributed by atoms with van der Waals surface area (Å²) in [7, 11) is 0. The maximum absolute atomic E-state index is 12.0. The highest BCUT2D eigenvalue weighted by atomic mass is 16.5. The Bertz CT molecular complexity index is 807. The van der Waals surface area contributed by atoms with Gasteiger partial charge in [-0.2, -0.15) is 0 Å². The Morgan fingerprint density at radius 2 is 1.71 bits per heavy atom. The number of phenolic OH excluding ortho intramolecular Hbond substituents is 2. The minimum Gasteiger partial charge on any atom is -0.508 e. The lowest BCUT2D eigenvalue weighted by atomic mass is 9.98. The van der Waals surface area contributed by atoms with Crippen LogP contribution in [0.2, 0.25) is 0 Å². The van der Waals surface area contributed by atoms with Gasteiger partial charge in [0.1, 0.15) is 18.1 Å². The molecule has 0 saturated heterocycles. The van der Waals surface area contributed by atoms with Crippen LogP contribution in [-0.4, -0.2) is 27.3 Å². The molecule has 6 heteroatoms. The quantitative estimate of drug-likeness (QED) is 0.745. The molecule has 2 aromatic rings. The molecular formula is C18H16O6. The largest absolute Gasteiger partial charge is 0.508 e. The number of aromatic hydroxyl groups is 2. The molecule has 0 spiro atoms. The average Bonchev–Trinajstić information content (AvgIpc) is 3.04. The van der Waals surface area contributed by atoms with Gasteiger partial charge in [0.25, 0.3) is 0 Å². The number of rotatable bonds is 4. The highest BCUT2D eigenvalue weighted by Crippen LogP contribution is 2.36. The summed E-state index contributed by atoms with van der Waals surface area (Å²) >= 11 is 0. The monoisotopic (exact) mass is 328 g/mol. The van der Waals surface area contributed by atoms with Crippen molar-refractivity contribution in [2.24, 2.45) is 0 Å². The summed E-state index contributed by atoms with van der Waals surface area (Å²) in [4.78, 5) is 23.4. The van der Waals surface area contributed by atoms with Gasteiger partial charge in [-0.05, 0) is 60.7 Å². The van der Waals surface area contributed by atoms with Gasteiger partial charge in [0.15, 0.2) is 0 Å². The van der Waals surface area contributed by atoms with E-state index in [0.717, 1.165) is 6.42 Å². The molecule has 2 aromatic carbocycles. The lowest BCUT2D eigenvalue weighted by Crippen LogP contribution is -2.08. The van der Waals surface area contributed by atoms with Crippen LogP contribution in [0.4, 0.5) is 0 Å². The molecule has 6 nitrogen and oxygen atoms in total. The van der Waals surface area contributed by atoms with Crippen molar-refractivity contribution in [2.75, 3.05) is 0 Å². The zero-order chi connectivity index (χ0) is 17.3. The fourth-order valence-corrected chi connectivity index (χ4v) is 2.95. The van der Waals surface area contributed by atoms with E-state index in [4.69, 9.17) is 4.74 Å². The van der Waals surface area contributed by atoms with E-state index in [1.807, 2.05) is 0 Å². The third-order valence-corrected chi connectivity index (χ3v) is 4.14. The second kappa shape index (κ2) is 6.23. The molecule has 0 aromatic heterocycles. The summed E-state index contributed by atoms with van der Waals surface area (Å²) in [5.41, 5.74) is 1.97. The first-order valence-electron chi connectivity index (χ1n) is 7.53. The first-order valence-corrected chi connectivity index (χ1v) is 7.53. The van der Waals surface area contributed by atoms with Gasteiger partial charge < -0.3 is 20.1 Å². The average molecular weight is 328 g/mol. The molecule has 124 valence electrons. The number of carboxylic acids is 1. The van der Waals surface area contributed by atoms with Crippen LogP contribution in [0.5, 0.6) is 11.5 Å². The first-order chi connectivity index (χ1) is 11.5. The summed E-state index contributed by atoms with van der Waals surface area (Å²) in [6.45, 7) is -0.223. The van der Waals surface area contributed by atoms with Crippen LogP contribution in [0.1, 0.15) is 43.8 Å². The van der Waals surface area contributed by atoms with Gasteiger partial charge in [-0.3, -0.25) is 0 Å². The zero-order valence-electron chi connectivity index (χ0n) is 12.8. The SMILES string of the molecule is O=C(OCc1cc(C(=O)O)c2c(c1O)CCC2)c1ccc(O)cc1. The Morgan fingerprint density at radius 3 is 2.38 bits per heavy atom. The lowest BCUT2D eigenvalue weighted by Gasteiger charge is -2.13. The van der Waals surface area contributed by atoms with E-state index in [0.29, 0.717) is 24.0 Å². The van der Waals surface area contributed by atoms with E-state index in [-0.39, 0.29) is 34.8 Å². The number of ether oxygens (including phenoxy) is 1. The number of fused-ring (bicyclic) bond motifs is 1. The molecule has 0 heterocycles. The van der Waals surface area contributed by atoms with Crippen molar-refractivity contribution in [1.29, 1.82) is 0 Å². The van der Waals surface area contributed by atoms with Gasteiger partial charge in [0.2, 0.25) is 0 Å². The van der Waals surface area contributed by atoms with E-state index < -0.39 is 11.9 Å². The van der Waals surface area contributed by atoms with E-state index >= 15 is 0 Å². The number of esters is 1. The van der Waals surface area contributed by atoms with Crippen molar-refractivity contribution in [1.82, 2.24) is 0 Å². The molecule has 0 unspecified atom stereocenters. The highest BCUT2D eigenvalue weighted by Gasteiger charge is 2.25. The fraction of sp³-hybridized carbons (Fsp3) is 0.222. The molecule has 1 aliphatic carbocycles. The number of aromatic carboxylic acids is 1. The predicted molar refractivity (Wildman–Crippen MR) is 84.3 cm³/mol. The highest BCUT2D eigenvalue weighted by molar-refractivity contribution is 5.91. The topological polar surface area (TPSA) is 104 Å². The molecule has 0 radical (unpaired) electrons. The number of benzene rings is 2.